The second-order valence-corrected chi connectivity index (χ2v) is 6.20. The zero-order valence-corrected chi connectivity index (χ0v) is 12.8. The van der Waals surface area contributed by atoms with Crippen LogP contribution in [0.4, 0.5) is 10.2 Å². The number of hydrogen-bond donors (Lipinski definition) is 1. The van der Waals surface area contributed by atoms with Crippen molar-refractivity contribution in [3.63, 3.8) is 0 Å². The Hall–Kier alpha value is -1.16. The van der Waals surface area contributed by atoms with Gasteiger partial charge in [-0.1, -0.05) is 27.7 Å². The summed E-state index contributed by atoms with van der Waals surface area (Å²) in [6.07, 6.45) is 2.73. The van der Waals surface area contributed by atoms with E-state index in [1.54, 1.807) is 12.3 Å². The largest absolute Gasteiger partial charge is 0.357 e. The molecule has 0 aliphatic heterocycles. The highest BCUT2D eigenvalue weighted by molar-refractivity contribution is 5.42. The average Bonchev–Trinajstić information content (AvgIpc) is 2.29. The van der Waals surface area contributed by atoms with Gasteiger partial charge in [-0.05, 0) is 24.4 Å². The van der Waals surface area contributed by atoms with Crippen LogP contribution in [0.3, 0.4) is 0 Å². The lowest BCUT2D eigenvalue weighted by Gasteiger charge is -2.28. The van der Waals surface area contributed by atoms with Gasteiger partial charge in [0.1, 0.15) is 0 Å². The van der Waals surface area contributed by atoms with E-state index in [0.717, 1.165) is 19.5 Å². The van der Waals surface area contributed by atoms with E-state index in [2.05, 4.69) is 38.0 Å². The van der Waals surface area contributed by atoms with Crippen LogP contribution in [-0.2, 0) is 6.54 Å². The lowest BCUT2D eigenvalue weighted by atomic mass is 9.96. The summed E-state index contributed by atoms with van der Waals surface area (Å²) in [6, 6.07) is 1.74. The van der Waals surface area contributed by atoms with E-state index in [4.69, 9.17) is 0 Å². The van der Waals surface area contributed by atoms with Crippen molar-refractivity contribution in [1.82, 2.24) is 10.3 Å². The molecule has 0 spiro atoms. The van der Waals surface area contributed by atoms with Crippen LogP contribution in [-0.4, -0.2) is 25.1 Å². The van der Waals surface area contributed by atoms with E-state index in [1.165, 1.54) is 0 Å². The normalized spacial score (nSPS) is 11.7. The topological polar surface area (TPSA) is 28.2 Å². The molecule has 19 heavy (non-hydrogen) atoms. The van der Waals surface area contributed by atoms with Gasteiger partial charge < -0.3 is 10.2 Å². The van der Waals surface area contributed by atoms with Crippen LogP contribution in [0.25, 0.3) is 0 Å². The Morgan fingerprint density at radius 2 is 2.05 bits per heavy atom. The van der Waals surface area contributed by atoms with Crippen molar-refractivity contribution in [2.75, 3.05) is 25.0 Å². The van der Waals surface area contributed by atoms with Crippen molar-refractivity contribution in [3.05, 3.63) is 23.6 Å². The van der Waals surface area contributed by atoms with Crippen LogP contribution >= 0.6 is 0 Å². The zero-order valence-electron chi connectivity index (χ0n) is 12.8. The summed E-state index contributed by atoms with van der Waals surface area (Å²) >= 11 is 0. The molecular weight excluding hydrogens is 241 g/mol. The molecule has 0 unspecified atom stereocenters. The van der Waals surface area contributed by atoms with Gasteiger partial charge >= 0.3 is 0 Å². The molecule has 0 saturated carbocycles. The SMILES string of the molecule is CCCNCc1ccnc(N(C)CC(C)(C)C)c1F. The van der Waals surface area contributed by atoms with Crippen molar-refractivity contribution in [3.8, 4) is 0 Å². The Bertz CT molecular complexity index is 399. The molecule has 0 aliphatic carbocycles. The van der Waals surface area contributed by atoms with E-state index in [-0.39, 0.29) is 11.2 Å². The Morgan fingerprint density at radius 1 is 1.37 bits per heavy atom. The number of pyridine rings is 1. The molecular formula is C15H26FN3. The first-order valence-electron chi connectivity index (χ1n) is 6.90. The Kier molecular flexibility index (Phi) is 5.73. The minimum atomic E-state index is -0.210. The molecule has 0 atom stereocenters. The smallest absolute Gasteiger partial charge is 0.170 e. The maximum atomic E-state index is 14.4. The average molecular weight is 267 g/mol. The van der Waals surface area contributed by atoms with Crippen LogP contribution in [0.15, 0.2) is 12.3 Å². The highest BCUT2D eigenvalue weighted by Gasteiger charge is 2.18. The summed E-state index contributed by atoms with van der Waals surface area (Å²) in [5, 5.41) is 3.22. The van der Waals surface area contributed by atoms with Gasteiger partial charge in [0.15, 0.2) is 11.6 Å². The molecule has 1 aromatic rings. The Labute approximate surface area is 116 Å². The van der Waals surface area contributed by atoms with Gasteiger partial charge in [-0.3, -0.25) is 0 Å². The van der Waals surface area contributed by atoms with Crippen molar-refractivity contribution in [2.45, 2.75) is 40.7 Å². The molecule has 0 aliphatic rings. The monoisotopic (exact) mass is 267 g/mol. The zero-order chi connectivity index (χ0) is 14.5. The third kappa shape index (κ3) is 5.15. The standard InChI is InChI=1S/C15H26FN3/c1-6-8-17-10-12-7-9-18-14(13(12)16)19(5)11-15(2,3)4/h7,9,17H,6,8,10-11H2,1-5H3. The fourth-order valence-corrected chi connectivity index (χ4v) is 2.06. The fraction of sp³-hybridized carbons (Fsp3) is 0.667. The van der Waals surface area contributed by atoms with Crippen molar-refractivity contribution in [1.29, 1.82) is 0 Å². The third-order valence-corrected chi connectivity index (χ3v) is 2.77. The molecule has 0 aromatic carbocycles. The predicted octanol–water partition coefficient (Wildman–Crippen LogP) is 3.20. The highest BCUT2D eigenvalue weighted by atomic mass is 19.1. The van der Waals surface area contributed by atoms with Gasteiger partial charge in [-0.2, -0.15) is 0 Å². The molecule has 1 aromatic heterocycles. The number of rotatable bonds is 6. The number of nitrogens with zero attached hydrogens (tertiary/aromatic N) is 2. The van der Waals surface area contributed by atoms with Crippen molar-refractivity contribution in [2.24, 2.45) is 5.41 Å². The van der Waals surface area contributed by atoms with E-state index < -0.39 is 0 Å². The van der Waals surface area contributed by atoms with Gasteiger partial charge in [-0.25, -0.2) is 9.37 Å². The van der Waals surface area contributed by atoms with Crippen LogP contribution in [0.1, 0.15) is 39.7 Å². The molecule has 3 nitrogen and oxygen atoms in total. The van der Waals surface area contributed by atoms with Gasteiger partial charge in [-0.15, -0.1) is 0 Å². The Morgan fingerprint density at radius 3 is 2.63 bits per heavy atom. The van der Waals surface area contributed by atoms with E-state index in [1.807, 2.05) is 11.9 Å². The van der Waals surface area contributed by atoms with Crippen LogP contribution in [0.5, 0.6) is 0 Å². The van der Waals surface area contributed by atoms with Gasteiger partial charge in [0.05, 0.1) is 0 Å². The maximum absolute atomic E-state index is 14.4. The minimum absolute atomic E-state index is 0.110. The molecule has 0 fully saturated rings. The number of nitrogens with one attached hydrogen (secondary N) is 1. The summed E-state index contributed by atoms with van der Waals surface area (Å²) in [4.78, 5) is 6.06. The van der Waals surface area contributed by atoms with Crippen molar-refractivity contribution >= 4 is 5.82 Å². The Balaban J connectivity index is 2.81. The van der Waals surface area contributed by atoms with Gasteiger partial charge in [0, 0.05) is 31.9 Å². The lowest BCUT2D eigenvalue weighted by molar-refractivity contribution is 0.415. The highest BCUT2D eigenvalue weighted by Crippen LogP contribution is 2.22. The molecule has 1 heterocycles. The molecule has 0 bridgehead atoms. The van der Waals surface area contributed by atoms with E-state index in [0.29, 0.717) is 17.9 Å². The lowest BCUT2D eigenvalue weighted by Crippen LogP contribution is -2.30. The van der Waals surface area contributed by atoms with E-state index in [9.17, 15) is 4.39 Å². The first-order chi connectivity index (χ1) is 8.85. The second kappa shape index (κ2) is 6.85. The molecule has 1 rings (SSSR count). The molecule has 0 amide bonds. The van der Waals surface area contributed by atoms with Crippen LogP contribution in [0, 0.1) is 11.2 Å². The number of halogens is 1. The minimum Gasteiger partial charge on any atom is -0.357 e. The first-order valence-corrected chi connectivity index (χ1v) is 6.90. The first kappa shape index (κ1) is 15.9. The second-order valence-electron chi connectivity index (χ2n) is 6.20. The summed E-state index contributed by atoms with van der Waals surface area (Å²) in [5.41, 5.74) is 0.790. The fourth-order valence-electron chi connectivity index (χ4n) is 2.06. The molecule has 4 heteroatoms. The molecule has 108 valence electrons. The maximum Gasteiger partial charge on any atom is 0.170 e. The summed E-state index contributed by atoms with van der Waals surface area (Å²) in [6.45, 7) is 10.7. The molecule has 1 N–H and O–H groups in total. The van der Waals surface area contributed by atoms with Crippen LogP contribution < -0.4 is 10.2 Å². The van der Waals surface area contributed by atoms with Gasteiger partial charge in [0.2, 0.25) is 0 Å². The quantitative estimate of drug-likeness (QED) is 0.802. The van der Waals surface area contributed by atoms with Crippen LogP contribution in [0.2, 0.25) is 0 Å². The summed E-state index contributed by atoms with van der Waals surface area (Å²) in [7, 11) is 1.89. The number of aromatic nitrogens is 1. The van der Waals surface area contributed by atoms with Crippen molar-refractivity contribution < 1.29 is 4.39 Å². The van der Waals surface area contributed by atoms with E-state index >= 15 is 0 Å². The number of hydrogen-bond acceptors (Lipinski definition) is 3. The summed E-state index contributed by atoms with van der Waals surface area (Å²) < 4.78 is 14.4. The predicted molar refractivity (Wildman–Crippen MR) is 78.9 cm³/mol. The molecule has 0 radical (unpaired) electrons. The number of anilines is 1. The molecule has 0 saturated heterocycles. The summed E-state index contributed by atoms with van der Waals surface area (Å²) in [5.74, 6) is 0.226. The van der Waals surface area contributed by atoms with Gasteiger partial charge in [0.25, 0.3) is 0 Å². The third-order valence-electron chi connectivity index (χ3n) is 2.77.